The molecular formula is C26H29N3O6. The second-order valence-corrected chi connectivity index (χ2v) is 8.78. The number of carboxylic acids is 1. The molecule has 1 fully saturated rings. The number of carbonyl (C=O) groups is 4. The number of hydrogen-bond donors (Lipinski definition) is 2. The van der Waals surface area contributed by atoms with Crippen LogP contribution in [0.1, 0.15) is 36.8 Å². The Balaban J connectivity index is 1.37. The molecule has 0 unspecified atom stereocenters. The second-order valence-electron chi connectivity index (χ2n) is 8.78. The van der Waals surface area contributed by atoms with E-state index in [1.54, 1.807) is 0 Å². The predicted octanol–water partition coefficient (Wildman–Crippen LogP) is 2.45. The molecule has 4 rings (SSSR count). The largest absolute Gasteiger partial charge is 0.480 e. The van der Waals surface area contributed by atoms with E-state index >= 15 is 0 Å². The third-order valence-corrected chi connectivity index (χ3v) is 6.47. The molecule has 9 heteroatoms. The molecule has 1 saturated heterocycles. The Hall–Kier alpha value is -3.88. The molecule has 0 aromatic heterocycles. The van der Waals surface area contributed by atoms with Gasteiger partial charge in [0.25, 0.3) is 0 Å². The van der Waals surface area contributed by atoms with Crippen LogP contribution in [0.3, 0.4) is 0 Å². The zero-order valence-electron chi connectivity index (χ0n) is 19.6. The van der Waals surface area contributed by atoms with Gasteiger partial charge in [-0.1, -0.05) is 61.9 Å². The summed E-state index contributed by atoms with van der Waals surface area (Å²) >= 11 is 0. The van der Waals surface area contributed by atoms with E-state index in [4.69, 9.17) is 9.84 Å². The van der Waals surface area contributed by atoms with Gasteiger partial charge < -0.3 is 25.0 Å². The van der Waals surface area contributed by atoms with Gasteiger partial charge in [-0.05, 0) is 28.7 Å². The Bertz CT molecular complexity index is 1090. The molecule has 1 heterocycles. The van der Waals surface area contributed by atoms with Gasteiger partial charge in [0.1, 0.15) is 19.2 Å². The highest BCUT2D eigenvalue weighted by atomic mass is 16.5. The first-order valence-electron chi connectivity index (χ1n) is 11.8. The standard InChI is InChI=1S/C26H29N3O6/c1-2-7-22(25(33)29-13-12-28(15-24(31)32)23(30)14-29)27-26(34)35-16-21-19-10-5-3-8-17(19)18-9-4-6-11-20(18)21/h3-6,8-11,21-22H,2,7,12-16H2,1H3,(H,27,34)(H,31,32)/t22-/m1/s1. The van der Waals surface area contributed by atoms with E-state index in [1.807, 2.05) is 43.3 Å². The molecule has 184 valence electrons. The molecule has 1 aliphatic carbocycles. The molecule has 3 amide bonds. The quantitative estimate of drug-likeness (QED) is 0.601. The van der Waals surface area contributed by atoms with Gasteiger partial charge in [-0.15, -0.1) is 0 Å². The Kier molecular flexibility index (Phi) is 7.33. The van der Waals surface area contributed by atoms with Crippen molar-refractivity contribution in [1.29, 1.82) is 0 Å². The number of fused-ring (bicyclic) bond motifs is 3. The van der Waals surface area contributed by atoms with Crippen molar-refractivity contribution in [2.24, 2.45) is 0 Å². The van der Waals surface area contributed by atoms with Crippen LogP contribution in [0.4, 0.5) is 4.79 Å². The monoisotopic (exact) mass is 479 g/mol. The first kappa shape index (κ1) is 24.3. The number of piperazine rings is 1. The third kappa shape index (κ3) is 5.29. The van der Waals surface area contributed by atoms with Gasteiger partial charge in [-0.25, -0.2) is 4.79 Å². The number of amides is 3. The molecule has 0 radical (unpaired) electrons. The number of aliphatic carboxylic acids is 1. The molecular weight excluding hydrogens is 450 g/mol. The van der Waals surface area contributed by atoms with E-state index in [1.165, 1.54) is 9.80 Å². The minimum Gasteiger partial charge on any atom is -0.480 e. The van der Waals surface area contributed by atoms with Crippen LogP contribution in [-0.2, 0) is 19.1 Å². The van der Waals surface area contributed by atoms with Crippen LogP contribution in [0.2, 0.25) is 0 Å². The predicted molar refractivity (Wildman–Crippen MR) is 128 cm³/mol. The SMILES string of the molecule is CCC[C@@H](NC(=O)OCC1c2ccccc2-c2ccccc21)C(=O)N1CCN(CC(=O)O)C(=O)C1. The highest BCUT2D eigenvalue weighted by molar-refractivity contribution is 5.91. The van der Waals surface area contributed by atoms with Crippen LogP contribution in [0, 0.1) is 0 Å². The van der Waals surface area contributed by atoms with E-state index < -0.39 is 30.6 Å². The van der Waals surface area contributed by atoms with E-state index in [0.29, 0.717) is 12.8 Å². The molecule has 0 bridgehead atoms. The van der Waals surface area contributed by atoms with Gasteiger partial charge in [-0.2, -0.15) is 0 Å². The van der Waals surface area contributed by atoms with Crippen LogP contribution in [0.25, 0.3) is 11.1 Å². The van der Waals surface area contributed by atoms with Gasteiger partial charge in [-0.3, -0.25) is 14.4 Å². The number of nitrogens with zero attached hydrogens (tertiary/aromatic N) is 2. The summed E-state index contributed by atoms with van der Waals surface area (Å²) in [5, 5.41) is 11.6. The van der Waals surface area contributed by atoms with Crippen LogP contribution in [-0.4, -0.2) is 77.6 Å². The summed E-state index contributed by atoms with van der Waals surface area (Å²) in [6.45, 7) is 1.79. The van der Waals surface area contributed by atoms with Crippen molar-refractivity contribution in [1.82, 2.24) is 15.1 Å². The van der Waals surface area contributed by atoms with Crippen molar-refractivity contribution < 1.29 is 29.0 Å². The first-order chi connectivity index (χ1) is 16.9. The zero-order valence-corrected chi connectivity index (χ0v) is 19.6. The minimum absolute atomic E-state index is 0.0894. The molecule has 2 N–H and O–H groups in total. The maximum atomic E-state index is 13.1. The maximum absolute atomic E-state index is 13.1. The highest BCUT2D eigenvalue weighted by Crippen LogP contribution is 2.44. The third-order valence-electron chi connectivity index (χ3n) is 6.47. The molecule has 1 aliphatic heterocycles. The summed E-state index contributed by atoms with van der Waals surface area (Å²) in [6.07, 6.45) is 0.356. The summed E-state index contributed by atoms with van der Waals surface area (Å²) in [6, 6.07) is 15.3. The lowest BCUT2D eigenvalue weighted by molar-refractivity contribution is -0.151. The smallest absolute Gasteiger partial charge is 0.407 e. The normalized spacial score (nSPS) is 15.9. The van der Waals surface area contributed by atoms with Crippen molar-refractivity contribution in [3.8, 4) is 11.1 Å². The van der Waals surface area contributed by atoms with E-state index in [-0.39, 0.29) is 38.1 Å². The Labute approximate surface area is 203 Å². The summed E-state index contributed by atoms with van der Waals surface area (Å²) in [5.41, 5.74) is 4.45. The average molecular weight is 480 g/mol. The van der Waals surface area contributed by atoms with Gasteiger partial charge in [0.2, 0.25) is 11.8 Å². The molecule has 2 aliphatic rings. The molecule has 0 saturated carbocycles. The zero-order chi connectivity index (χ0) is 24.9. The number of carboxylic acid groups (broad SMARTS) is 1. The summed E-state index contributed by atoms with van der Waals surface area (Å²) in [4.78, 5) is 51.5. The fourth-order valence-electron chi connectivity index (χ4n) is 4.78. The number of benzene rings is 2. The van der Waals surface area contributed by atoms with Crippen LogP contribution in [0.5, 0.6) is 0 Å². The lowest BCUT2D eigenvalue weighted by Crippen LogP contribution is -2.57. The number of alkyl carbamates (subject to hydrolysis) is 1. The van der Waals surface area contributed by atoms with Gasteiger partial charge in [0.15, 0.2) is 0 Å². The van der Waals surface area contributed by atoms with Gasteiger partial charge in [0, 0.05) is 19.0 Å². The molecule has 1 atom stereocenters. The number of carbonyl (C=O) groups excluding carboxylic acids is 3. The van der Waals surface area contributed by atoms with Gasteiger partial charge in [0.05, 0.1) is 6.54 Å². The van der Waals surface area contributed by atoms with Crippen LogP contribution in [0.15, 0.2) is 48.5 Å². The minimum atomic E-state index is -1.10. The Morgan fingerprint density at radius 1 is 1.06 bits per heavy atom. The average Bonchev–Trinajstić information content (AvgIpc) is 3.17. The number of nitrogens with one attached hydrogen (secondary N) is 1. The molecule has 35 heavy (non-hydrogen) atoms. The van der Waals surface area contributed by atoms with E-state index in [0.717, 1.165) is 22.3 Å². The fraction of sp³-hybridized carbons (Fsp3) is 0.385. The first-order valence-corrected chi connectivity index (χ1v) is 11.8. The summed E-state index contributed by atoms with van der Waals surface area (Å²) in [5.74, 6) is -1.99. The maximum Gasteiger partial charge on any atom is 0.407 e. The van der Waals surface area contributed by atoms with Crippen molar-refractivity contribution in [2.45, 2.75) is 31.7 Å². The number of rotatable bonds is 8. The van der Waals surface area contributed by atoms with Gasteiger partial charge >= 0.3 is 12.1 Å². The fourth-order valence-corrected chi connectivity index (χ4v) is 4.78. The van der Waals surface area contributed by atoms with E-state index in [2.05, 4.69) is 17.4 Å². The van der Waals surface area contributed by atoms with Crippen molar-refractivity contribution >= 4 is 23.9 Å². The molecule has 2 aromatic carbocycles. The topological polar surface area (TPSA) is 116 Å². The van der Waals surface area contributed by atoms with Crippen LogP contribution >= 0.6 is 0 Å². The molecule has 2 aromatic rings. The lowest BCUT2D eigenvalue weighted by Gasteiger charge is -2.35. The highest BCUT2D eigenvalue weighted by Gasteiger charge is 2.33. The Morgan fingerprint density at radius 3 is 2.26 bits per heavy atom. The second kappa shape index (κ2) is 10.6. The number of ether oxygens (including phenoxy) is 1. The summed E-state index contributed by atoms with van der Waals surface area (Å²) < 4.78 is 5.57. The van der Waals surface area contributed by atoms with Crippen LogP contribution < -0.4 is 5.32 Å². The van der Waals surface area contributed by atoms with Crippen molar-refractivity contribution in [3.05, 3.63) is 59.7 Å². The van der Waals surface area contributed by atoms with Crippen molar-refractivity contribution in [3.63, 3.8) is 0 Å². The van der Waals surface area contributed by atoms with Crippen molar-refractivity contribution in [2.75, 3.05) is 32.8 Å². The molecule has 9 nitrogen and oxygen atoms in total. The number of hydrogen-bond acceptors (Lipinski definition) is 5. The van der Waals surface area contributed by atoms with E-state index in [9.17, 15) is 19.2 Å². The summed E-state index contributed by atoms with van der Waals surface area (Å²) in [7, 11) is 0. The Morgan fingerprint density at radius 2 is 1.69 bits per heavy atom. The lowest BCUT2D eigenvalue weighted by atomic mass is 9.98. The molecule has 0 spiro atoms.